The SMILES string of the molecule is CCCNCc1c(Cl)cccc1Oc1ccccc1. The molecule has 0 aliphatic heterocycles. The van der Waals surface area contributed by atoms with Gasteiger partial charge in [-0.05, 0) is 37.2 Å². The molecular formula is C16H18ClNO. The molecule has 2 nitrogen and oxygen atoms in total. The lowest BCUT2D eigenvalue weighted by Gasteiger charge is -2.13. The summed E-state index contributed by atoms with van der Waals surface area (Å²) >= 11 is 6.25. The van der Waals surface area contributed by atoms with Crippen LogP contribution in [0.5, 0.6) is 11.5 Å². The minimum absolute atomic E-state index is 0.718. The highest BCUT2D eigenvalue weighted by molar-refractivity contribution is 6.31. The van der Waals surface area contributed by atoms with Crippen LogP contribution in [-0.4, -0.2) is 6.54 Å². The molecule has 0 spiro atoms. The van der Waals surface area contributed by atoms with Crippen LogP contribution in [-0.2, 0) is 6.54 Å². The van der Waals surface area contributed by atoms with E-state index in [4.69, 9.17) is 16.3 Å². The smallest absolute Gasteiger partial charge is 0.133 e. The zero-order chi connectivity index (χ0) is 13.5. The molecule has 100 valence electrons. The number of hydrogen-bond donors (Lipinski definition) is 1. The van der Waals surface area contributed by atoms with E-state index >= 15 is 0 Å². The highest BCUT2D eigenvalue weighted by Crippen LogP contribution is 2.30. The molecule has 0 saturated heterocycles. The first-order valence-corrected chi connectivity index (χ1v) is 6.90. The number of rotatable bonds is 6. The monoisotopic (exact) mass is 275 g/mol. The number of ether oxygens (including phenoxy) is 1. The summed E-state index contributed by atoms with van der Waals surface area (Å²) in [7, 11) is 0. The third-order valence-electron chi connectivity index (χ3n) is 2.78. The van der Waals surface area contributed by atoms with Crippen molar-refractivity contribution in [2.24, 2.45) is 0 Å². The topological polar surface area (TPSA) is 21.3 Å². The van der Waals surface area contributed by atoms with Gasteiger partial charge in [-0.15, -0.1) is 0 Å². The molecule has 0 aliphatic rings. The van der Waals surface area contributed by atoms with E-state index in [0.29, 0.717) is 0 Å². The molecule has 2 aromatic rings. The lowest BCUT2D eigenvalue weighted by Crippen LogP contribution is -2.14. The standard InChI is InChI=1S/C16H18ClNO/c1-2-11-18-12-14-15(17)9-6-10-16(14)19-13-7-4-3-5-8-13/h3-10,18H,2,11-12H2,1H3. The highest BCUT2D eigenvalue weighted by atomic mass is 35.5. The van der Waals surface area contributed by atoms with Gasteiger partial charge >= 0.3 is 0 Å². The van der Waals surface area contributed by atoms with Gasteiger partial charge in [0, 0.05) is 17.1 Å². The van der Waals surface area contributed by atoms with Crippen molar-refractivity contribution in [3.8, 4) is 11.5 Å². The quantitative estimate of drug-likeness (QED) is 0.776. The van der Waals surface area contributed by atoms with Crippen molar-refractivity contribution in [1.29, 1.82) is 0 Å². The Morgan fingerprint density at radius 1 is 1.05 bits per heavy atom. The van der Waals surface area contributed by atoms with Crippen molar-refractivity contribution >= 4 is 11.6 Å². The van der Waals surface area contributed by atoms with Gasteiger partial charge in [0.1, 0.15) is 11.5 Å². The van der Waals surface area contributed by atoms with E-state index in [-0.39, 0.29) is 0 Å². The molecule has 3 heteroatoms. The van der Waals surface area contributed by atoms with Gasteiger partial charge in [-0.1, -0.05) is 42.8 Å². The van der Waals surface area contributed by atoms with Crippen molar-refractivity contribution in [2.45, 2.75) is 19.9 Å². The van der Waals surface area contributed by atoms with Crippen molar-refractivity contribution < 1.29 is 4.74 Å². The fourth-order valence-electron chi connectivity index (χ4n) is 1.81. The Labute approximate surface area is 119 Å². The molecular weight excluding hydrogens is 258 g/mol. The Hall–Kier alpha value is -1.51. The van der Waals surface area contributed by atoms with Gasteiger partial charge in [-0.25, -0.2) is 0 Å². The van der Waals surface area contributed by atoms with Crippen LogP contribution in [0.3, 0.4) is 0 Å². The van der Waals surface area contributed by atoms with E-state index < -0.39 is 0 Å². The zero-order valence-electron chi connectivity index (χ0n) is 11.0. The van der Waals surface area contributed by atoms with E-state index in [0.717, 1.165) is 41.6 Å². The highest BCUT2D eigenvalue weighted by Gasteiger charge is 2.08. The fraction of sp³-hybridized carbons (Fsp3) is 0.250. The summed E-state index contributed by atoms with van der Waals surface area (Å²) < 4.78 is 5.90. The first-order valence-electron chi connectivity index (χ1n) is 6.52. The molecule has 0 saturated carbocycles. The molecule has 0 unspecified atom stereocenters. The van der Waals surface area contributed by atoms with Gasteiger partial charge < -0.3 is 10.1 Å². The summed E-state index contributed by atoms with van der Waals surface area (Å²) in [4.78, 5) is 0. The maximum atomic E-state index is 6.25. The van der Waals surface area contributed by atoms with Crippen molar-refractivity contribution in [1.82, 2.24) is 5.32 Å². The van der Waals surface area contributed by atoms with Gasteiger partial charge in [0.05, 0.1) is 0 Å². The second-order valence-electron chi connectivity index (χ2n) is 4.31. The largest absolute Gasteiger partial charge is 0.457 e. The average molecular weight is 276 g/mol. The summed E-state index contributed by atoms with van der Waals surface area (Å²) in [5.41, 5.74) is 1.00. The lowest BCUT2D eigenvalue weighted by molar-refractivity contribution is 0.473. The second-order valence-corrected chi connectivity index (χ2v) is 4.72. The normalized spacial score (nSPS) is 10.4. The molecule has 0 atom stereocenters. The number of halogens is 1. The summed E-state index contributed by atoms with van der Waals surface area (Å²) in [6.07, 6.45) is 1.10. The molecule has 0 radical (unpaired) electrons. The number of benzene rings is 2. The molecule has 1 N–H and O–H groups in total. The summed E-state index contributed by atoms with van der Waals surface area (Å²) in [6, 6.07) is 15.5. The Kier molecular flexibility index (Phi) is 5.25. The third kappa shape index (κ3) is 3.98. The van der Waals surface area contributed by atoms with Crippen LogP contribution in [0.2, 0.25) is 5.02 Å². The molecule has 2 aromatic carbocycles. The van der Waals surface area contributed by atoms with Crippen molar-refractivity contribution in [3.05, 3.63) is 59.1 Å². The zero-order valence-corrected chi connectivity index (χ0v) is 11.8. The number of nitrogens with one attached hydrogen (secondary N) is 1. The van der Waals surface area contributed by atoms with Gasteiger partial charge in [0.25, 0.3) is 0 Å². The lowest BCUT2D eigenvalue weighted by atomic mass is 10.2. The van der Waals surface area contributed by atoms with Crippen molar-refractivity contribution in [2.75, 3.05) is 6.54 Å². The Bertz CT molecular complexity index is 513. The molecule has 0 heterocycles. The summed E-state index contributed by atoms with van der Waals surface area (Å²) in [5.74, 6) is 1.63. The summed E-state index contributed by atoms with van der Waals surface area (Å²) in [5, 5.41) is 4.09. The van der Waals surface area contributed by atoms with Crippen molar-refractivity contribution in [3.63, 3.8) is 0 Å². The first kappa shape index (κ1) is 13.9. The third-order valence-corrected chi connectivity index (χ3v) is 3.13. The van der Waals surface area contributed by atoms with Crippen LogP contribution < -0.4 is 10.1 Å². The van der Waals surface area contributed by atoms with Crippen LogP contribution in [0.1, 0.15) is 18.9 Å². The summed E-state index contributed by atoms with van der Waals surface area (Å²) in [6.45, 7) is 3.83. The molecule has 2 rings (SSSR count). The molecule has 0 fully saturated rings. The van der Waals surface area contributed by atoms with Crippen LogP contribution in [0, 0.1) is 0 Å². The molecule has 0 aliphatic carbocycles. The van der Waals surface area contributed by atoms with E-state index in [2.05, 4.69) is 12.2 Å². The fourth-order valence-corrected chi connectivity index (χ4v) is 2.04. The predicted octanol–water partition coefficient (Wildman–Crippen LogP) is 4.63. The van der Waals surface area contributed by atoms with Gasteiger partial charge in [-0.3, -0.25) is 0 Å². The van der Waals surface area contributed by atoms with Crippen LogP contribution in [0.25, 0.3) is 0 Å². The van der Waals surface area contributed by atoms with Gasteiger partial charge in [-0.2, -0.15) is 0 Å². The Morgan fingerprint density at radius 2 is 1.84 bits per heavy atom. The number of para-hydroxylation sites is 1. The first-order chi connectivity index (χ1) is 9.31. The van der Waals surface area contributed by atoms with Crippen LogP contribution in [0.4, 0.5) is 0 Å². The van der Waals surface area contributed by atoms with E-state index in [1.165, 1.54) is 0 Å². The Morgan fingerprint density at radius 3 is 2.58 bits per heavy atom. The predicted molar refractivity (Wildman–Crippen MR) is 80.0 cm³/mol. The number of hydrogen-bond acceptors (Lipinski definition) is 2. The minimum Gasteiger partial charge on any atom is -0.457 e. The Balaban J connectivity index is 2.17. The maximum absolute atomic E-state index is 6.25. The molecule has 0 bridgehead atoms. The van der Waals surface area contributed by atoms with E-state index in [1.807, 2.05) is 48.5 Å². The second kappa shape index (κ2) is 7.17. The molecule has 19 heavy (non-hydrogen) atoms. The average Bonchev–Trinajstić information content (AvgIpc) is 2.43. The van der Waals surface area contributed by atoms with Crippen LogP contribution in [0.15, 0.2) is 48.5 Å². The molecule has 0 amide bonds. The van der Waals surface area contributed by atoms with E-state index in [1.54, 1.807) is 0 Å². The van der Waals surface area contributed by atoms with Crippen LogP contribution >= 0.6 is 11.6 Å². The van der Waals surface area contributed by atoms with Gasteiger partial charge in [0.2, 0.25) is 0 Å². The van der Waals surface area contributed by atoms with Gasteiger partial charge in [0.15, 0.2) is 0 Å². The maximum Gasteiger partial charge on any atom is 0.133 e. The minimum atomic E-state index is 0.718. The van der Waals surface area contributed by atoms with E-state index in [9.17, 15) is 0 Å². The molecule has 0 aromatic heterocycles.